The molecule has 24 nitrogen and oxygen atoms in total. The number of carbonyl (C=O) groups is 1. The van der Waals surface area contributed by atoms with Gasteiger partial charge in [0.2, 0.25) is 23.2 Å². The smallest absolute Gasteiger partial charge is 0.238 e. The Labute approximate surface area is 376 Å². The number of aliphatic hydroxyl groups excluding tert-OH is 10. The minimum atomic E-state index is -3.20. The summed E-state index contributed by atoms with van der Waals surface area (Å²) in [5, 5.41) is 164. The van der Waals surface area contributed by atoms with Gasteiger partial charge in [0.05, 0.1) is 19.8 Å². The molecule has 0 bridgehead atoms. The molecule has 3 fully saturated rings. The minimum absolute atomic E-state index is 0.0317. The lowest BCUT2D eigenvalue weighted by atomic mass is 9.74. The standard InChI is InChI=1S/C43H48O24/c1-14-25(49)29(53)33(57)40(62-14)43(67-41-34(58)30(54)32(56)37(66-41)26(50)19(47)10-4-15-3-9-18(46)21(11-15)61-2)38(59)23(13-44)64-42(39(43)60)65-36-20(48)12-22-24(28(36)52)27(51)31(55)35(63-22)16-5-7-17(45)8-6-16/h3-12,14,23,25-26,29-30,32-34,37-42,44-46,48-50,52-60H,13H2,1-2H3/t14-,23+,25-,26?,29+,30-,32-,33+,34+,37+,38+,39-,40+,41-,42-,43-/m0/s1. The van der Waals surface area contributed by atoms with E-state index in [1.807, 2.05) is 0 Å². The molecule has 1 unspecified atom stereocenters. The van der Waals surface area contributed by atoms with Gasteiger partial charge >= 0.3 is 0 Å². The number of benzene rings is 3. The molecule has 0 amide bonds. The van der Waals surface area contributed by atoms with E-state index < -0.39 is 155 Å². The molecular formula is C43H48O24. The van der Waals surface area contributed by atoms with Gasteiger partial charge in [0.25, 0.3) is 0 Å². The van der Waals surface area contributed by atoms with Gasteiger partial charge in [-0.3, -0.25) is 9.59 Å². The second-order valence-corrected chi connectivity index (χ2v) is 16.1. The molecule has 67 heavy (non-hydrogen) atoms. The van der Waals surface area contributed by atoms with Crippen LogP contribution >= 0.6 is 0 Å². The van der Waals surface area contributed by atoms with Gasteiger partial charge in [0.15, 0.2) is 52.5 Å². The quantitative estimate of drug-likeness (QED) is 0.0625. The number of ether oxygens (including phenoxy) is 6. The lowest BCUT2D eigenvalue weighted by Gasteiger charge is -2.57. The molecule has 3 aliphatic heterocycles. The highest BCUT2D eigenvalue weighted by Gasteiger charge is 2.68. The van der Waals surface area contributed by atoms with Crippen LogP contribution in [0.5, 0.6) is 40.2 Å². The Morgan fingerprint density at radius 2 is 1.45 bits per heavy atom. The van der Waals surface area contributed by atoms with E-state index in [4.69, 9.17) is 32.8 Å². The average Bonchev–Trinajstić information content (AvgIpc) is 3.31. The molecule has 3 saturated heterocycles. The molecule has 4 heterocycles. The van der Waals surface area contributed by atoms with E-state index in [0.29, 0.717) is 0 Å². The third kappa shape index (κ3) is 8.73. The van der Waals surface area contributed by atoms with Gasteiger partial charge in [-0.1, -0.05) is 12.1 Å². The van der Waals surface area contributed by atoms with E-state index >= 15 is 0 Å². The average molecular weight is 949 g/mol. The number of methoxy groups -OCH3 is 1. The molecule has 364 valence electrons. The normalized spacial score (nSPS) is 34.0. The first-order valence-electron chi connectivity index (χ1n) is 20.3. The summed E-state index contributed by atoms with van der Waals surface area (Å²) in [6.45, 7) is -0.0405. The zero-order valence-electron chi connectivity index (χ0n) is 35.0. The highest BCUT2D eigenvalue weighted by Crippen LogP contribution is 2.48. The number of aliphatic hydroxyl groups is 10. The molecule has 3 aromatic carbocycles. The number of phenolic OH excluding ortho intramolecular Hbond substituents is 4. The van der Waals surface area contributed by atoms with Crippen molar-refractivity contribution in [3.63, 3.8) is 0 Å². The number of fused-ring (bicyclic) bond motifs is 1. The van der Waals surface area contributed by atoms with Crippen LogP contribution in [0.4, 0.5) is 0 Å². The fraction of sp³-hybridized carbons (Fsp3) is 0.442. The zero-order chi connectivity index (χ0) is 49.0. The monoisotopic (exact) mass is 948 g/mol. The van der Waals surface area contributed by atoms with Crippen molar-refractivity contribution in [3.8, 4) is 51.6 Å². The fourth-order valence-corrected chi connectivity index (χ4v) is 8.21. The lowest BCUT2D eigenvalue weighted by molar-refractivity contribution is -0.417. The highest BCUT2D eigenvalue weighted by atomic mass is 16.8. The molecule has 0 aliphatic carbocycles. The maximum Gasteiger partial charge on any atom is 0.238 e. The fourth-order valence-electron chi connectivity index (χ4n) is 8.21. The van der Waals surface area contributed by atoms with Crippen molar-refractivity contribution in [2.45, 2.75) is 104 Å². The van der Waals surface area contributed by atoms with Gasteiger partial charge < -0.3 is 109 Å². The molecule has 3 aliphatic rings. The number of phenols is 4. The van der Waals surface area contributed by atoms with Crippen LogP contribution in [0.3, 0.4) is 0 Å². The number of carbonyl (C=O) groups excluding carboxylic acids is 1. The third-order valence-corrected chi connectivity index (χ3v) is 11.9. The largest absolute Gasteiger partial charge is 0.508 e. The van der Waals surface area contributed by atoms with Gasteiger partial charge in [-0.15, -0.1) is 0 Å². The summed E-state index contributed by atoms with van der Waals surface area (Å²) in [6, 6.07) is 9.71. The Bertz CT molecular complexity index is 2530. The summed E-state index contributed by atoms with van der Waals surface area (Å²) in [6.07, 6.45) is -32.0. The van der Waals surface area contributed by atoms with Crippen molar-refractivity contribution in [2.75, 3.05) is 13.7 Å². The van der Waals surface area contributed by atoms with E-state index in [2.05, 4.69) is 0 Å². The Kier molecular flexibility index (Phi) is 14.1. The highest BCUT2D eigenvalue weighted by molar-refractivity contribution is 5.97. The van der Waals surface area contributed by atoms with Crippen molar-refractivity contribution in [2.24, 2.45) is 0 Å². The Morgan fingerprint density at radius 1 is 0.776 bits per heavy atom. The summed E-state index contributed by atoms with van der Waals surface area (Å²) >= 11 is 0. The lowest BCUT2D eigenvalue weighted by Crippen LogP contribution is -2.79. The van der Waals surface area contributed by atoms with Crippen LogP contribution in [0.25, 0.3) is 28.4 Å². The van der Waals surface area contributed by atoms with Crippen LogP contribution in [0.1, 0.15) is 12.5 Å². The first-order chi connectivity index (χ1) is 31.7. The van der Waals surface area contributed by atoms with E-state index in [1.165, 1.54) is 62.6 Å². The SMILES string of the molecule is COc1cc(C=CC(=O)C(O)[C@H]2O[C@@H](O[C@@]3([C@@H]4O[C@@H](C)[C@H](O)[C@@H](O)[C@H]4O)[C@H](O)[C@@H](CO)O[C@@H](Oc4c(O)cc5oc(-c6ccc(O)cc6)c(O)c(=O)c5c4O)[C@@H]3O)[C@H](O)[C@@H](O)[C@@H]2O)ccc1O. The van der Waals surface area contributed by atoms with Crippen LogP contribution in [0, 0.1) is 0 Å². The van der Waals surface area contributed by atoms with Crippen LogP contribution in [0.15, 0.2) is 63.8 Å². The maximum atomic E-state index is 13.5. The zero-order valence-corrected chi connectivity index (χ0v) is 35.0. The van der Waals surface area contributed by atoms with E-state index in [9.17, 15) is 86.2 Å². The van der Waals surface area contributed by atoms with Crippen molar-refractivity contribution >= 4 is 22.8 Å². The number of hydrogen-bond donors (Lipinski definition) is 15. The predicted molar refractivity (Wildman–Crippen MR) is 221 cm³/mol. The summed E-state index contributed by atoms with van der Waals surface area (Å²) in [5.74, 6) is -6.37. The number of aromatic hydroxyl groups is 5. The molecule has 0 spiro atoms. The molecular weight excluding hydrogens is 900 g/mol. The molecule has 1 aromatic heterocycles. The molecule has 0 radical (unpaired) electrons. The molecule has 4 aromatic rings. The van der Waals surface area contributed by atoms with E-state index in [-0.39, 0.29) is 28.4 Å². The molecule has 16 atom stereocenters. The number of rotatable bonds is 12. The Morgan fingerprint density at radius 3 is 2.10 bits per heavy atom. The number of hydrogen-bond acceptors (Lipinski definition) is 24. The van der Waals surface area contributed by atoms with E-state index in [1.54, 1.807) is 0 Å². The van der Waals surface area contributed by atoms with E-state index in [0.717, 1.165) is 12.1 Å². The summed E-state index contributed by atoms with van der Waals surface area (Å²) in [5.41, 5.74) is -4.64. The van der Waals surface area contributed by atoms with Gasteiger partial charge in [0, 0.05) is 11.6 Å². The van der Waals surface area contributed by atoms with Crippen LogP contribution in [-0.2, 0) is 23.7 Å². The van der Waals surface area contributed by atoms with Crippen molar-refractivity contribution in [1.29, 1.82) is 0 Å². The van der Waals surface area contributed by atoms with Crippen LogP contribution in [-0.4, -0.2) is 194 Å². The minimum Gasteiger partial charge on any atom is -0.508 e. The molecule has 7 rings (SSSR count). The van der Waals surface area contributed by atoms with Crippen molar-refractivity contribution < 1.29 is 114 Å². The van der Waals surface area contributed by atoms with Crippen molar-refractivity contribution in [1.82, 2.24) is 0 Å². The number of ketones is 1. The molecule has 15 N–H and O–H groups in total. The van der Waals surface area contributed by atoms with Crippen molar-refractivity contribution in [3.05, 3.63) is 70.4 Å². The van der Waals surface area contributed by atoms with Gasteiger partial charge in [0.1, 0.15) is 83.9 Å². The van der Waals surface area contributed by atoms with Gasteiger partial charge in [-0.2, -0.15) is 0 Å². The summed E-state index contributed by atoms with van der Waals surface area (Å²) in [7, 11) is 1.27. The molecule has 24 heteroatoms. The Hall–Kier alpha value is -5.68. The molecule has 0 saturated carbocycles. The first-order valence-corrected chi connectivity index (χ1v) is 20.3. The topological polar surface area (TPSA) is 406 Å². The summed E-state index contributed by atoms with van der Waals surface area (Å²) in [4.78, 5) is 26.8. The second-order valence-electron chi connectivity index (χ2n) is 16.1. The maximum absolute atomic E-state index is 13.5. The predicted octanol–water partition coefficient (Wildman–Crippen LogP) is -3.11. The Balaban J connectivity index is 1.28. The van der Waals surface area contributed by atoms with Gasteiger partial charge in [-0.05, 0) is 55.0 Å². The van der Waals surface area contributed by atoms with Crippen LogP contribution in [0.2, 0.25) is 0 Å². The van der Waals surface area contributed by atoms with Gasteiger partial charge in [-0.25, -0.2) is 0 Å². The third-order valence-electron chi connectivity index (χ3n) is 11.9. The first kappa shape index (κ1) is 49.2. The second kappa shape index (κ2) is 19.1. The van der Waals surface area contributed by atoms with Crippen LogP contribution < -0.4 is 14.9 Å². The summed E-state index contributed by atoms with van der Waals surface area (Å²) < 4.78 is 39.5.